The molecular formula is C13H20BrFN2. The molecule has 96 valence electrons. The smallest absolute Gasteiger partial charge is 0.126 e. The molecule has 0 aliphatic rings. The van der Waals surface area contributed by atoms with E-state index in [9.17, 15) is 4.39 Å². The van der Waals surface area contributed by atoms with Gasteiger partial charge in [-0.25, -0.2) is 4.39 Å². The number of nitrogens with two attached hydrogens (primary N) is 2. The third-order valence-electron chi connectivity index (χ3n) is 3.02. The topological polar surface area (TPSA) is 52.0 Å². The van der Waals surface area contributed by atoms with Crippen molar-refractivity contribution in [3.05, 3.63) is 34.1 Å². The van der Waals surface area contributed by atoms with Crippen molar-refractivity contribution in [2.75, 3.05) is 6.54 Å². The van der Waals surface area contributed by atoms with Crippen LogP contribution in [0.15, 0.2) is 22.7 Å². The average molecular weight is 303 g/mol. The van der Waals surface area contributed by atoms with Crippen LogP contribution in [-0.2, 0) is 0 Å². The summed E-state index contributed by atoms with van der Waals surface area (Å²) in [5, 5.41) is 0. The molecular weight excluding hydrogens is 283 g/mol. The molecule has 0 bridgehead atoms. The molecule has 0 saturated carbocycles. The molecule has 1 aromatic rings. The fourth-order valence-corrected chi connectivity index (χ4v) is 2.35. The molecule has 0 spiro atoms. The van der Waals surface area contributed by atoms with Gasteiger partial charge in [-0.2, -0.15) is 0 Å². The summed E-state index contributed by atoms with van der Waals surface area (Å²) in [4.78, 5) is 0. The second kappa shape index (κ2) is 7.09. The lowest BCUT2D eigenvalue weighted by atomic mass is 9.89. The predicted molar refractivity (Wildman–Crippen MR) is 73.4 cm³/mol. The summed E-state index contributed by atoms with van der Waals surface area (Å²) in [6.07, 6.45) is 3.02. The molecule has 0 aliphatic carbocycles. The summed E-state index contributed by atoms with van der Waals surface area (Å²) < 4.78 is 14.6. The highest BCUT2D eigenvalue weighted by molar-refractivity contribution is 9.10. The Kier molecular flexibility index (Phi) is 6.09. The van der Waals surface area contributed by atoms with Gasteiger partial charge in [-0.15, -0.1) is 0 Å². The highest BCUT2D eigenvalue weighted by Gasteiger charge is 2.21. The van der Waals surface area contributed by atoms with E-state index in [0.717, 1.165) is 23.7 Å². The lowest BCUT2D eigenvalue weighted by molar-refractivity contribution is 0.468. The van der Waals surface area contributed by atoms with Crippen molar-refractivity contribution in [2.45, 2.75) is 38.1 Å². The van der Waals surface area contributed by atoms with E-state index < -0.39 is 0 Å². The molecule has 1 aromatic carbocycles. The summed E-state index contributed by atoms with van der Waals surface area (Å²) >= 11 is 3.35. The first-order chi connectivity index (χ1) is 8.10. The van der Waals surface area contributed by atoms with Crippen LogP contribution in [0, 0.1) is 5.82 Å². The molecule has 4 heteroatoms. The molecule has 0 radical (unpaired) electrons. The first kappa shape index (κ1) is 14.6. The van der Waals surface area contributed by atoms with Gasteiger partial charge < -0.3 is 11.5 Å². The summed E-state index contributed by atoms with van der Waals surface area (Å²) in [7, 11) is 0. The largest absolute Gasteiger partial charge is 0.330 e. The fraction of sp³-hybridized carbons (Fsp3) is 0.538. The maximum absolute atomic E-state index is 13.8. The van der Waals surface area contributed by atoms with Gasteiger partial charge in [0.05, 0.1) is 0 Å². The lowest BCUT2D eigenvalue weighted by Crippen LogP contribution is -2.33. The van der Waals surface area contributed by atoms with Crippen LogP contribution in [0.2, 0.25) is 0 Å². The lowest BCUT2D eigenvalue weighted by Gasteiger charge is -2.23. The van der Waals surface area contributed by atoms with E-state index in [2.05, 4.69) is 22.9 Å². The van der Waals surface area contributed by atoms with Crippen molar-refractivity contribution in [2.24, 2.45) is 11.5 Å². The Hall–Kier alpha value is -0.450. The van der Waals surface area contributed by atoms with E-state index in [1.807, 2.05) is 0 Å². The molecule has 4 N–H and O–H groups in total. The summed E-state index contributed by atoms with van der Waals surface area (Å²) in [6.45, 7) is 2.49. The van der Waals surface area contributed by atoms with Gasteiger partial charge in [0.25, 0.3) is 0 Å². The Morgan fingerprint density at radius 2 is 2.12 bits per heavy atom. The Morgan fingerprint density at radius 1 is 1.41 bits per heavy atom. The molecule has 0 fully saturated rings. The second-order valence-electron chi connectivity index (χ2n) is 4.31. The number of rotatable bonds is 6. The van der Waals surface area contributed by atoms with Gasteiger partial charge >= 0.3 is 0 Å². The molecule has 1 rings (SSSR count). The van der Waals surface area contributed by atoms with Gasteiger partial charge in [0.1, 0.15) is 5.82 Å². The Balaban J connectivity index is 2.88. The molecule has 17 heavy (non-hydrogen) atoms. The van der Waals surface area contributed by atoms with Crippen LogP contribution >= 0.6 is 15.9 Å². The number of benzene rings is 1. The zero-order valence-corrected chi connectivity index (χ0v) is 11.7. The number of hydrogen-bond acceptors (Lipinski definition) is 2. The van der Waals surface area contributed by atoms with Crippen molar-refractivity contribution in [3.8, 4) is 0 Å². The number of unbranched alkanes of at least 4 members (excludes halogenated alkanes) is 1. The predicted octanol–water partition coefficient (Wildman–Crippen LogP) is 3.15. The van der Waals surface area contributed by atoms with E-state index in [-0.39, 0.29) is 17.8 Å². The van der Waals surface area contributed by atoms with Crippen LogP contribution in [0.4, 0.5) is 4.39 Å². The average Bonchev–Trinajstić information content (AvgIpc) is 2.32. The van der Waals surface area contributed by atoms with Crippen molar-refractivity contribution in [1.82, 2.24) is 0 Å². The first-order valence-electron chi connectivity index (χ1n) is 6.00. The third-order valence-corrected chi connectivity index (χ3v) is 3.51. The molecule has 2 nitrogen and oxygen atoms in total. The van der Waals surface area contributed by atoms with Crippen LogP contribution in [-0.4, -0.2) is 12.6 Å². The molecule has 0 saturated heterocycles. The molecule has 2 atom stereocenters. The summed E-state index contributed by atoms with van der Waals surface area (Å²) in [5.41, 5.74) is 12.5. The van der Waals surface area contributed by atoms with Crippen LogP contribution in [0.5, 0.6) is 0 Å². The number of halogens is 2. The van der Waals surface area contributed by atoms with Crippen LogP contribution in [0.3, 0.4) is 0 Å². The molecule has 2 unspecified atom stereocenters. The Morgan fingerprint density at radius 3 is 2.71 bits per heavy atom. The minimum absolute atomic E-state index is 0.0799. The van der Waals surface area contributed by atoms with Gasteiger partial charge in [0.2, 0.25) is 0 Å². The van der Waals surface area contributed by atoms with Crippen molar-refractivity contribution in [1.29, 1.82) is 0 Å². The second-order valence-corrected chi connectivity index (χ2v) is 5.23. The summed E-state index contributed by atoms with van der Waals surface area (Å²) in [6, 6.07) is 4.83. The van der Waals surface area contributed by atoms with E-state index >= 15 is 0 Å². The van der Waals surface area contributed by atoms with Gasteiger partial charge in [-0.05, 0) is 30.2 Å². The molecule has 0 aromatic heterocycles. The van der Waals surface area contributed by atoms with E-state index in [1.54, 1.807) is 12.1 Å². The normalized spacial score (nSPS) is 14.6. The minimum atomic E-state index is -0.226. The van der Waals surface area contributed by atoms with E-state index in [1.165, 1.54) is 6.07 Å². The maximum atomic E-state index is 13.8. The SMILES string of the molecule is CCCCC(N)C(CN)c1cc(Br)ccc1F. The van der Waals surface area contributed by atoms with Crippen molar-refractivity contribution in [3.63, 3.8) is 0 Å². The van der Waals surface area contributed by atoms with Gasteiger partial charge in [-0.1, -0.05) is 35.7 Å². The highest BCUT2D eigenvalue weighted by Crippen LogP contribution is 2.26. The fourth-order valence-electron chi connectivity index (χ4n) is 1.97. The highest BCUT2D eigenvalue weighted by atomic mass is 79.9. The van der Waals surface area contributed by atoms with E-state index in [0.29, 0.717) is 12.1 Å². The third kappa shape index (κ3) is 4.05. The zero-order chi connectivity index (χ0) is 12.8. The molecule has 0 heterocycles. The van der Waals surface area contributed by atoms with Crippen molar-refractivity contribution >= 4 is 15.9 Å². The number of hydrogen-bond donors (Lipinski definition) is 2. The van der Waals surface area contributed by atoms with Crippen LogP contribution in [0.1, 0.15) is 37.7 Å². The summed E-state index contributed by atoms with van der Waals surface area (Å²) in [5.74, 6) is -0.338. The molecule has 0 amide bonds. The van der Waals surface area contributed by atoms with Gasteiger partial charge in [0.15, 0.2) is 0 Å². The Bertz CT molecular complexity index is 357. The van der Waals surface area contributed by atoms with Crippen molar-refractivity contribution < 1.29 is 4.39 Å². The molecule has 0 aliphatic heterocycles. The zero-order valence-electron chi connectivity index (χ0n) is 10.1. The maximum Gasteiger partial charge on any atom is 0.126 e. The van der Waals surface area contributed by atoms with Gasteiger partial charge in [0, 0.05) is 23.0 Å². The van der Waals surface area contributed by atoms with Crippen LogP contribution < -0.4 is 11.5 Å². The monoisotopic (exact) mass is 302 g/mol. The van der Waals surface area contributed by atoms with E-state index in [4.69, 9.17) is 11.5 Å². The minimum Gasteiger partial charge on any atom is -0.330 e. The Labute approximate surface area is 111 Å². The standard InChI is InChI=1S/C13H20BrFN2/c1-2-3-4-13(17)11(8-16)10-7-9(14)5-6-12(10)15/h5-7,11,13H,2-4,8,16-17H2,1H3. The first-order valence-corrected chi connectivity index (χ1v) is 6.80. The quantitative estimate of drug-likeness (QED) is 0.848. The van der Waals surface area contributed by atoms with Crippen LogP contribution in [0.25, 0.3) is 0 Å². The van der Waals surface area contributed by atoms with Gasteiger partial charge in [-0.3, -0.25) is 0 Å².